The van der Waals surface area contributed by atoms with Gasteiger partial charge in [0, 0.05) is 34.6 Å². The SMILES string of the molecule is O=C(N[C@@H]1COC[C@H]1Cc1ccnc2ccccc12)c1cccc2ncccc12. The van der Waals surface area contributed by atoms with Crippen LogP contribution in [0.5, 0.6) is 0 Å². The van der Waals surface area contributed by atoms with Gasteiger partial charge in [-0.2, -0.15) is 0 Å². The van der Waals surface area contributed by atoms with Crippen molar-refractivity contribution in [2.75, 3.05) is 13.2 Å². The summed E-state index contributed by atoms with van der Waals surface area (Å²) in [6.07, 6.45) is 4.43. The molecule has 1 amide bonds. The number of hydrogen-bond acceptors (Lipinski definition) is 4. The zero-order chi connectivity index (χ0) is 19.6. The molecule has 1 aliphatic heterocycles. The van der Waals surface area contributed by atoms with Crippen LogP contribution < -0.4 is 5.32 Å². The molecule has 4 aromatic rings. The van der Waals surface area contributed by atoms with E-state index in [0.29, 0.717) is 18.8 Å². The molecule has 1 saturated heterocycles. The lowest BCUT2D eigenvalue weighted by atomic mass is 9.93. The predicted octanol–water partition coefficient (Wildman–Crippen LogP) is 3.77. The van der Waals surface area contributed by atoms with Crippen LogP contribution in [0.3, 0.4) is 0 Å². The average Bonchev–Trinajstić information content (AvgIpc) is 3.20. The minimum Gasteiger partial charge on any atom is -0.379 e. The summed E-state index contributed by atoms with van der Waals surface area (Å²) in [5.41, 5.74) is 3.70. The molecule has 2 aromatic carbocycles. The summed E-state index contributed by atoms with van der Waals surface area (Å²) in [4.78, 5) is 21.8. The van der Waals surface area contributed by atoms with E-state index in [1.165, 1.54) is 5.56 Å². The van der Waals surface area contributed by atoms with Crippen molar-refractivity contribution < 1.29 is 9.53 Å². The Morgan fingerprint density at radius 2 is 1.69 bits per heavy atom. The molecule has 5 nitrogen and oxygen atoms in total. The Bertz CT molecular complexity index is 1180. The number of rotatable bonds is 4. The van der Waals surface area contributed by atoms with Gasteiger partial charge in [-0.05, 0) is 42.3 Å². The third-order valence-electron chi connectivity index (χ3n) is 5.63. The standard InChI is InChI=1S/C24H21N3O2/c28-24(20-6-3-9-22-19(20)7-4-11-25-22)27-23-15-29-14-17(23)13-16-10-12-26-21-8-2-1-5-18(16)21/h1-12,17,23H,13-15H2,(H,27,28)/t17-,23-/m1/s1. The Kier molecular flexibility index (Phi) is 4.66. The van der Waals surface area contributed by atoms with E-state index in [1.807, 2.05) is 54.7 Å². The molecule has 0 bridgehead atoms. The molecule has 5 rings (SSSR count). The van der Waals surface area contributed by atoms with Gasteiger partial charge in [0.15, 0.2) is 0 Å². The van der Waals surface area contributed by atoms with Gasteiger partial charge in [-0.3, -0.25) is 14.8 Å². The van der Waals surface area contributed by atoms with Crippen LogP contribution >= 0.6 is 0 Å². The topological polar surface area (TPSA) is 64.1 Å². The van der Waals surface area contributed by atoms with E-state index < -0.39 is 0 Å². The van der Waals surface area contributed by atoms with Crippen molar-refractivity contribution in [3.05, 3.63) is 84.2 Å². The minimum atomic E-state index is -0.0799. The molecule has 0 radical (unpaired) electrons. The zero-order valence-electron chi connectivity index (χ0n) is 15.9. The van der Waals surface area contributed by atoms with Crippen LogP contribution in [0.2, 0.25) is 0 Å². The fourth-order valence-corrected chi connectivity index (χ4v) is 4.12. The summed E-state index contributed by atoms with van der Waals surface area (Å²) >= 11 is 0. The van der Waals surface area contributed by atoms with Gasteiger partial charge >= 0.3 is 0 Å². The molecular weight excluding hydrogens is 362 g/mol. The maximum Gasteiger partial charge on any atom is 0.252 e. The molecule has 2 aromatic heterocycles. The number of benzene rings is 2. The number of nitrogens with zero attached hydrogens (tertiary/aromatic N) is 2. The normalized spacial score (nSPS) is 18.9. The Labute approximate surface area is 168 Å². The van der Waals surface area contributed by atoms with Crippen molar-refractivity contribution in [1.29, 1.82) is 0 Å². The molecule has 0 unspecified atom stereocenters. The van der Waals surface area contributed by atoms with Gasteiger partial charge in [-0.1, -0.05) is 30.3 Å². The molecule has 0 aliphatic carbocycles. The molecule has 3 heterocycles. The number of carbonyl (C=O) groups excluding carboxylic acids is 1. The fourth-order valence-electron chi connectivity index (χ4n) is 4.12. The van der Waals surface area contributed by atoms with Crippen molar-refractivity contribution >= 4 is 27.7 Å². The predicted molar refractivity (Wildman–Crippen MR) is 113 cm³/mol. The van der Waals surface area contributed by atoms with Gasteiger partial charge in [0.2, 0.25) is 0 Å². The lowest BCUT2D eigenvalue weighted by Crippen LogP contribution is -2.40. The van der Waals surface area contributed by atoms with Crippen molar-refractivity contribution in [2.24, 2.45) is 5.92 Å². The number of ether oxygens (including phenoxy) is 1. The second-order valence-corrected chi connectivity index (χ2v) is 7.44. The first-order valence-electron chi connectivity index (χ1n) is 9.84. The number of fused-ring (bicyclic) bond motifs is 2. The van der Waals surface area contributed by atoms with Crippen molar-refractivity contribution in [3.63, 3.8) is 0 Å². The maximum absolute atomic E-state index is 13.0. The maximum atomic E-state index is 13.0. The first-order valence-corrected chi connectivity index (χ1v) is 9.84. The highest BCUT2D eigenvalue weighted by Gasteiger charge is 2.30. The summed E-state index contributed by atoms with van der Waals surface area (Å²) in [7, 11) is 0. The van der Waals surface area contributed by atoms with Gasteiger partial charge in [0.05, 0.1) is 30.3 Å². The molecule has 1 fully saturated rings. The highest BCUT2D eigenvalue weighted by Crippen LogP contribution is 2.25. The second kappa shape index (κ2) is 7.60. The van der Waals surface area contributed by atoms with Crippen LogP contribution in [0.25, 0.3) is 21.8 Å². The van der Waals surface area contributed by atoms with Crippen molar-refractivity contribution in [3.8, 4) is 0 Å². The van der Waals surface area contributed by atoms with E-state index in [4.69, 9.17) is 4.74 Å². The first kappa shape index (κ1) is 17.8. The molecule has 0 spiro atoms. The summed E-state index contributed by atoms with van der Waals surface area (Å²) in [6, 6.07) is 19.6. The van der Waals surface area contributed by atoms with Crippen LogP contribution in [0.1, 0.15) is 15.9 Å². The zero-order valence-corrected chi connectivity index (χ0v) is 15.9. The quantitative estimate of drug-likeness (QED) is 0.583. The largest absolute Gasteiger partial charge is 0.379 e. The lowest BCUT2D eigenvalue weighted by Gasteiger charge is -2.20. The Hall–Kier alpha value is -3.31. The van der Waals surface area contributed by atoms with E-state index in [9.17, 15) is 4.79 Å². The highest BCUT2D eigenvalue weighted by molar-refractivity contribution is 6.06. The monoisotopic (exact) mass is 383 g/mol. The minimum absolute atomic E-state index is 0.0265. The smallest absolute Gasteiger partial charge is 0.252 e. The number of carbonyl (C=O) groups is 1. The van der Waals surface area contributed by atoms with E-state index in [0.717, 1.165) is 28.2 Å². The van der Waals surface area contributed by atoms with E-state index in [-0.39, 0.29) is 17.9 Å². The summed E-state index contributed by atoms with van der Waals surface area (Å²) in [5.74, 6) is 0.140. The molecule has 1 N–H and O–H groups in total. The fraction of sp³-hybridized carbons (Fsp3) is 0.208. The summed E-state index contributed by atoms with van der Waals surface area (Å²) in [6.45, 7) is 1.17. The number of pyridine rings is 2. The molecule has 144 valence electrons. The Morgan fingerprint density at radius 1 is 0.897 bits per heavy atom. The van der Waals surface area contributed by atoms with Crippen LogP contribution in [0, 0.1) is 5.92 Å². The number of hydrogen-bond donors (Lipinski definition) is 1. The number of aromatic nitrogens is 2. The van der Waals surface area contributed by atoms with Crippen molar-refractivity contribution in [2.45, 2.75) is 12.5 Å². The molecule has 0 saturated carbocycles. The molecule has 2 atom stereocenters. The van der Waals surface area contributed by atoms with Crippen LogP contribution in [-0.4, -0.2) is 35.1 Å². The van der Waals surface area contributed by atoms with E-state index in [1.54, 1.807) is 6.20 Å². The number of nitrogens with one attached hydrogen (secondary N) is 1. The van der Waals surface area contributed by atoms with Gasteiger partial charge in [-0.15, -0.1) is 0 Å². The third-order valence-corrected chi connectivity index (χ3v) is 5.63. The highest BCUT2D eigenvalue weighted by atomic mass is 16.5. The van der Waals surface area contributed by atoms with E-state index in [2.05, 4.69) is 27.4 Å². The van der Waals surface area contributed by atoms with Gasteiger partial charge in [-0.25, -0.2) is 0 Å². The summed E-state index contributed by atoms with van der Waals surface area (Å²) < 4.78 is 5.74. The van der Waals surface area contributed by atoms with E-state index >= 15 is 0 Å². The number of para-hydroxylation sites is 1. The Balaban J connectivity index is 1.37. The summed E-state index contributed by atoms with van der Waals surface area (Å²) in [5, 5.41) is 5.22. The lowest BCUT2D eigenvalue weighted by molar-refractivity contribution is 0.0927. The molecule has 5 heteroatoms. The van der Waals surface area contributed by atoms with Gasteiger partial charge in [0.1, 0.15) is 0 Å². The van der Waals surface area contributed by atoms with Crippen molar-refractivity contribution in [1.82, 2.24) is 15.3 Å². The average molecular weight is 383 g/mol. The van der Waals surface area contributed by atoms with Crippen LogP contribution in [-0.2, 0) is 11.2 Å². The Morgan fingerprint density at radius 3 is 2.66 bits per heavy atom. The molecule has 29 heavy (non-hydrogen) atoms. The van der Waals surface area contributed by atoms with Crippen LogP contribution in [0.15, 0.2) is 73.1 Å². The van der Waals surface area contributed by atoms with Gasteiger partial charge < -0.3 is 10.1 Å². The second-order valence-electron chi connectivity index (χ2n) is 7.44. The number of amides is 1. The third kappa shape index (κ3) is 3.45. The van der Waals surface area contributed by atoms with Gasteiger partial charge in [0.25, 0.3) is 5.91 Å². The van der Waals surface area contributed by atoms with Crippen LogP contribution in [0.4, 0.5) is 0 Å². The molecular formula is C24H21N3O2. The molecule has 1 aliphatic rings. The first-order chi connectivity index (χ1) is 14.3.